The van der Waals surface area contributed by atoms with E-state index < -0.39 is 5.82 Å². The molecule has 8 nitrogen and oxygen atoms in total. The van der Waals surface area contributed by atoms with Crippen LogP contribution in [0.15, 0.2) is 36.7 Å². The molecule has 1 aliphatic rings. The molecular formula is C21H21ClFN5O3. The molecule has 31 heavy (non-hydrogen) atoms. The van der Waals surface area contributed by atoms with Crippen LogP contribution >= 0.6 is 11.6 Å². The Morgan fingerprint density at radius 2 is 2.19 bits per heavy atom. The van der Waals surface area contributed by atoms with Crippen LogP contribution in [0.2, 0.25) is 5.02 Å². The maximum atomic E-state index is 13.4. The Bertz CT molecular complexity index is 1130. The molecule has 0 unspecified atom stereocenters. The number of cyclic esters (lactones) is 1. The molecule has 0 bridgehead atoms. The molecule has 162 valence electrons. The van der Waals surface area contributed by atoms with Crippen LogP contribution in [0.1, 0.15) is 6.92 Å². The summed E-state index contributed by atoms with van der Waals surface area (Å²) in [6.45, 7) is 3.70. The highest BCUT2D eigenvalue weighted by Crippen LogP contribution is 2.32. The average molecular weight is 446 g/mol. The van der Waals surface area contributed by atoms with Gasteiger partial charge in [0, 0.05) is 30.2 Å². The fourth-order valence-electron chi connectivity index (χ4n) is 3.40. The summed E-state index contributed by atoms with van der Waals surface area (Å²) in [5.41, 5.74) is 7.83. The van der Waals surface area contributed by atoms with Crippen LogP contribution in [-0.4, -0.2) is 53.2 Å². The van der Waals surface area contributed by atoms with Gasteiger partial charge < -0.3 is 20.5 Å². The topological polar surface area (TPSA) is 103 Å². The number of esters is 1. The minimum atomic E-state index is -0.498. The van der Waals surface area contributed by atoms with Crippen LogP contribution < -0.4 is 15.8 Å². The SMILES string of the molecule is C[C@H]1CN(CCOc2cc3ncnc(Nc4ccc(F)c(Cl)c4)c3cc2N)CC(=O)O1. The van der Waals surface area contributed by atoms with E-state index in [1.165, 1.54) is 18.5 Å². The van der Waals surface area contributed by atoms with Crippen molar-refractivity contribution in [1.82, 2.24) is 14.9 Å². The van der Waals surface area contributed by atoms with Gasteiger partial charge in [-0.05, 0) is 31.2 Å². The van der Waals surface area contributed by atoms with E-state index >= 15 is 0 Å². The lowest BCUT2D eigenvalue weighted by Gasteiger charge is -2.29. The fourth-order valence-corrected chi connectivity index (χ4v) is 3.58. The number of anilines is 3. The fraction of sp³-hybridized carbons (Fsp3) is 0.286. The molecule has 2 aromatic carbocycles. The summed E-state index contributed by atoms with van der Waals surface area (Å²) >= 11 is 5.85. The molecule has 10 heteroatoms. The third kappa shape index (κ3) is 4.95. The highest BCUT2D eigenvalue weighted by molar-refractivity contribution is 6.31. The van der Waals surface area contributed by atoms with Gasteiger partial charge in [-0.15, -0.1) is 0 Å². The second-order valence-corrected chi connectivity index (χ2v) is 7.67. The number of ether oxygens (including phenoxy) is 2. The Morgan fingerprint density at radius 3 is 2.97 bits per heavy atom. The Labute approximate surface area is 183 Å². The standard InChI is InChI=1S/C21H21ClFN5O3/c1-12-9-28(10-20(29)31-12)4-5-30-19-8-18-14(7-17(19)24)21(26-11-25-18)27-13-2-3-16(23)15(22)6-13/h2-3,6-8,11-12H,4-5,9-10,24H2,1H3,(H,25,26,27)/t12-/m0/s1. The van der Waals surface area contributed by atoms with E-state index in [0.717, 1.165) is 0 Å². The summed E-state index contributed by atoms with van der Waals surface area (Å²) in [7, 11) is 0. The van der Waals surface area contributed by atoms with Crippen LogP contribution in [0, 0.1) is 5.82 Å². The number of nitrogen functional groups attached to an aromatic ring is 1. The van der Waals surface area contributed by atoms with E-state index in [-0.39, 0.29) is 23.6 Å². The lowest BCUT2D eigenvalue weighted by atomic mass is 10.2. The smallest absolute Gasteiger partial charge is 0.320 e. The van der Waals surface area contributed by atoms with Gasteiger partial charge in [0.1, 0.15) is 36.4 Å². The molecule has 2 heterocycles. The zero-order valence-corrected chi connectivity index (χ0v) is 17.5. The number of hydrogen-bond acceptors (Lipinski definition) is 8. The summed E-state index contributed by atoms with van der Waals surface area (Å²) in [5, 5.41) is 3.80. The van der Waals surface area contributed by atoms with Gasteiger partial charge in [-0.3, -0.25) is 9.69 Å². The lowest BCUT2D eigenvalue weighted by molar-refractivity contribution is -0.157. The zero-order chi connectivity index (χ0) is 22.0. The van der Waals surface area contributed by atoms with Gasteiger partial charge in [0.15, 0.2) is 0 Å². The third-order valence-electron chi connectivity index (χ3n) is 4.81. The maximum absolute atomic E-state index is 13.4. The number of carbonyl (C=O) groups excluding carboxylic acids is 1. The van der Waals surface area contributed by atoms with Crippen molar-refractivity contribution >= 4 is 45.7 Å². The quantitative estimate of drug-likeness (QED) is 0.439. The molecule has 4 rings (SSSR count). The van der Waals surface area contributed by atoms with E-state index in [0.29, 0.717) is 53.5 Å². The highest BCUT2D eigenvalue weighted by atomic mass is 35.5. The molecule has 1 saturated heterocycles. The average Bonchev–Trinajstić information content (AvgIpc) is 2.71. The minimum Gasteiger partial charge on any atom is -0.490 e. The van der Waals surface area contributed by atoms with Gasteiger partial charge in [-0.2, -0.15) is 0 Å². The number of carbonyl (C=O) groups is 1. The molecule has 0 spiro atoms. The highest BCUT2D eigenvalue weighted by Gasteiger charge is 2.23. The molecule has 0 radical (unpaired) electrons. The second kappa shape index (κ2) is 8.91. The summed E-state index contributed by atoms with van der Waals surface area (Å²) in [5.74, 6) is 0.270. The largest absolute Gasteiger partial charge is 0.490 e. The van der Waals surface area contributed by atoms with Gasteiger partial charge in [0.25, 0.3) is 0 Å². The number of benzene rings is 2. The van der Waals surface area contributed by atoms with Crippen molar-refractivity contribution in [3.63, 3.8) is 0 Å². The van der Waals surface area contributed by atoms with Crippen LogP contribution in [0.3, 0.4) is 0 Å². The first-order chi connectivity index (χ1) is 14.9. The Balaban J connectivity index is 1.48. The van der Waals surface area contributed by atoms with Gasteiger partial charge in [0.2, 0.25) is 0 Å². The molecule has 1 fully saturated rings. The first kappa shape index (κ1) is 21.1. The molecule has 1 aromatic heterocycles. The van der Waals surface area contributed by atoms with Crippen molar-refractivity contribution in [2.75, 3.05) is 37.3 Å². The summed E-state index contributed by atoms with van der Waals surface area (Å²) in [6, 6.07) is 7.77. The molecule has 1 atom stereocenters. The molecular weight excluding hydrogens is 425 g/mol. The number of nitrogens with zero attached hydrogens (tertiary/aromatic N) is 3. The molecule has 3 aromatic rings. The lowest BCUT2D eigenvalue weighted by Crippen LogP contribution is -2.45. The summed E-state index contributed by atoms with van der Waals surface area (Å²) in [6.07, 6.45) is 1.28. The predicted octanol–water partition coefficient (Wildman–Crippen LogP) is 3.37. The van der Waals surface area contributed by atoms with Gasteiger partial charge in [-0.25, -0.2) is 14.4 Å². The monoisotopic (exact) mass is 445 g/mol. The number of aromatic nitrogens is 2. The van der Waals surface area contributed by atoms with E-state index in [2.05, 4.69) is 15.3 Å². The van der Waals surface area contributed by atoms with Crippen LogP contribution in [0.25, 0.3) is 10.9 Å². The van der Waals surface area contributed by atoms with Crippen LogP contribution in [0.5, 0.6) is 5.75 Å². The van der Waals surface area contributed by atoms with E-state index in [1.807, 2.05) is 11.8 Å². The Hall–Kier alpha value is -3.17. The number of nitrogens with two attached hydrogens (primary N) is 1. The van der Waals surface area contributed by atoms with Crippen LogP contribution in [0.4, 0.5) is 21.6 Å². The van der Waals surface area contributed by atoms with Crippen molar-refractivity contribution in [2.45, 2.75) is 13.0 Å². The molecule has 1 aliphatic heterocycles. The zero-order valence-electron chi connectivity index (χ0n) is 16.8. The number of hydrogen-bond donors (Lipinski definition) is 2. The first-order valence-corrected chi connectivity index (χ1v) is 10.1. The normalized spacial score (nSPS) is 16.9. The van der Waals surface area contributed by atoms with Crippen molar-refractivity contribution in [1.29, 1.82) is 0 Å². The predicted molar refractivity (Wildman–Crippen MR) is 116 cm³/mol. The Morgan fingerprint density at radius 1 is 1.35 bits per heavy atom. The van der Waals surface area contributed by atoms with Gasteiger partial charge >= 0.3 is 5.97 Å². The molecule has 0 aliphatic carbocycles. The minimum absolute atomic E-state index is 0.00919. The molecule has 0 saturated carbocycles. The van der Waals surface area contributed by atoms with Gasteiger partial charge in [0.05, 0.1) is 22.8 Å². The van der Waals surface area contributed by atoms with Crippen LogP contribution in [-0.2, 0) is 9.53 Å². The van der Waals surface area contributed by atoms with Crippen molar-refractivity contribution in [2.24, 2.45) is 0 Å². The summed E-state index contributed by atoms with van der Waals surface area (Å²) in [4.78, 5) is 22.1. The number of nitrogens with one attached hydrogen (secondary N) is 1. The van der Waals surface area contributed by atoms with Crippen molar-refractivity contribution in [3.05, 3.63) is 47.5 Å². The molecule has 3 N–H and O–H groups in total. The Kier molecular flexibility index (Phi) is 6.06. The first-order valence-electron chi connectivity index (χ1n) is 9.70. The van der Waals surface area contributed by atoms with Gasteiger partial charge in [-0.1, -0.05) is 11.6 Å². The number of halogens is 2. The second-order valence-electron chi connectivity index (χ2n) is 7.27. The maximum Gasteiger partial charge on any atom is 0.320 e. The van der Waals surface area contributed by atoms with E-state index in [9.17, 15) is 9.18 Å². The van der Waals surface area contributed by atoms with Crippen molar-refractivity contribution in [3.8, 4) is 5.75 Å². The third-order valence-corrected chi connectivity index (χ3v) is 5.10. The van der Waals surface area contributed by atoms with Crippen molar-refractivity contribution < 1.29 is 18.7 Å². The number of rotatable bonds is 6. The van der Waals surface area contributed by atoms with E-state index in [4.69, 9.17) is 26.8 Å². The number of fused-ring (bicyclic) bond motifs is 1. The molecule has 0 amide bonds. The summed E-state index contributed by atoms with van der Waals surface area (Å²) < 4.78 is 24.4. The van der Waals surface area contributed by atoms with E-state index in [1.54, 1.807) is 18.2 Å². The number of morpholine rings is 1.